The lowest BCUT2D eigenvalue weighted by molar-refractivity contribution is 0.0555. The first-order valence-electron chi connectivity index (χ1n) is 7.33. The van der Waals surface area contributed by atoms with E-state index in [1.807, 2.05) is 0 Å². The molecular weight excluding hydrogens is 212 g/mol. The molecule has 0 aromatic carbocycles. The van der Waals surface area contributed by atoms with Crippen LogP contribution in [0.3, 0.4) is 0 Å². The molecule has 3 N–H and O–H groups in total. The van der Waals surface area contributed by atoms with Crippen LogP contribution in [0.15, 0.2) is 0 Å². The van der Waals surface area contributed by atoms with E-state index in [0.29, 0.717) is 6.04 Å². The Kier molecular flexibility index (Phi) is 5.26. The molecule has 1 aliphatic heterocycles. The lowest BCUT2D eigenvalue weighted by atomic mass is 9.76. The molecule has 3 unspecified atom stereocenters. The van der Waals surface area contributed by atoms with Gasteiger partial charge in [0.2, 0.25) is 0 Å². The number of hydrogen-bond acceptors (Lipinski definition) is 3. The Bertz CT molecular complexity index is 216. The molecule has 3 nitrogen and oxygen atoms in total. The monoisotopic (exact) mass is 240 g/mol. The molecule has 0 aromatic rings. The first kappa shape index (κ1) is 13.3. The Labute approximate surface area is 105 Å². The molecule has 3 heteroatoms. The van der Waals surface area contributed by atoms with Crippen LogP contribution in [0.5, 0.6) is 0 Å². The van der Waals surface area contributed by atoms with Crippen LogP contribution in [0.25, 0.3) is 0 Å². The minimum atomic E-state index is 0.529. The van der Waals surface area contributed by atoms with Crippen molar-refractivity contribution in [3.63, 3.8) is 0 Å². The molecule has 2 fully saturated rings. The van der Waals surface area contributed by atoms with Gasteiger partial charge in [-0.1, -0.05) is 19.8 Å². The zero-order valence-electron chi connectivity index (χ0n) is 11.2. The van der Waals surface area contributed by atoms with E-state index >= 15 is 0 Å². The maximum absolute atomic E-state index is 5.78. The topological polar surface area (TPSA) is 47.3 Å². The van der Waals surface area contributed by atoms with Gasteiger partial charge in [-0.3, -0.25) is 11.3 Å². The second-order valence-corrected chi connectivity index (χ2v) is 6.10. The maximum Gasteiger partial charge on any atom is 0.0468 e. The second kappa shape index (κ2) is 6.72. The Balaban J connectivity index is 1.82. The smallest absolute Gasteiger partial charge is 0.0468 e. The van der Waals surface area contributed by atoms with E-state index in [2.05, 4.69) is 12.3 Å². The van der Waals surface area contributed by atoms with Crippen LogP contribution in [0.1, 0.15) is 51.9 Å². The molecule has 0 bridgehead atoms. The van der Waals surface area contributed by atoms with E-state index in [4.69, 9.17) is 10.6 Å². The number of rotatable bonds is 4. The van der Waals surface area contributed by atoms with Gasteiger partial charge in [0.15, 0.2) is 0 Å². The van der Waals surface area contributed by atoms with E-state index in [9.17, 15) is 0 Å². The number of nitrogens with one attached hydrogen (secondary N) is 1. The van der Waals surface area contributed by atoms with Crippen LogP contribution in [0, 0.1) is 17.8 Å². The van der Waals surface area contributed by atoms with Crippen molar-refractivity contribution in [1.82, 2.24) is 5.43 Å². The van der Waals surface area contributed by atoms with Gasteiger partial charge in [-0.2, -0.15) is 0 Å². The maximum atomic E-state index is 5.78. The quantitative estimate of drug-likeness (QED) is 0.586. The lowest BCUT2D eigenvalue weighted by Crippen LogP contribution is -2.44. The van der Waals surface area contributed by atoms with E-state index in [-0.39, 0.29) is 0 Å². The molecule has 0 spiro atoms. The Morgan fingerprint density at radius 2 is 2.00 bits per heavy atom. The molecule has 0 radical (unpaired) electrons. The normalized spacial score (nSPS) is 33.5. The average molecular weight is 240 g/mol. The van der Waals surface area contributed by atoms with E-state index in [1.54, 1.807) is 0 Å². The van der Waals surface area contributed by atoms with Crippen LogP contribution in [0.2, 0.25) is 0 Å². The molecule has 1 saturated carbocycles. The highest BCUT2D eigenvalue weighted by Crippen LogP contribution is 2.33. The molecule has 1 heterocycles. The highest BCUT2D eigenvalue weighted by atomic mass is 16.5. The number of nitrogens with two attached hydrogens (primary N) is 1. The molecule has 3 atom stereocenters. The third-order valence-electron chi connectivity index (χ3n) is 4.69. The van der Waals surface area contributed by atoms with Gasteiger partial charge in [-0.15, -0.1) is 0 Å². The van der Waals surface area contributed by atoms with E-state index < -0.39 is 0 Å². The zero-order chi connectivity index (χ0) is 12.1. The van der Waals surface area contributed by atoms with Crippen molar-refractivity contribution < 1.29 is 4.74 Å². The third-order valence-corrected chi connectivity index (χ3v) is 4.69. The zero-order valence-corrected chi connectivity index (χ0v) is 11.2. The van der Waals surface area contributed by atoms with Crippen LogP contribution < -0.4 is 11.3 Å². The Morgan fingerprint density at radius 1 is 1.24 bits per heavy atom. The fraction of sp³-hybridized carbons (Fsp3) is 1.00. The van der Waals surface area contributed by atoms with Crippen molar-refractivity contribution in [2.45, 2.75) is 57.9 Å². The molecule has 1 saturated heterocycles. The van der Waals surface area contributed by atoms with Gasteiger partial charge in [-0.05, 0) is 49.9 Å². The molecule has 100 valence electrons. The summed E-state index contributed by atoms with van der Waals surface area (Å²) in [6, 6.07) is 0.529. The Morgan fingerprint density at radius 3 is 2.65 bits per heavy atom. The molecule has 2 rings (SSSR count). The molecule has 0 aromatic heterocycles. The van der Waals surface area contributed by atoms with E-state index in [0.717, 1.165) is 31.0 Å². The SMILES string of the molecule is CC1CCCC(C(CC2CCOCC2)NN)C1. The number of ether oxygens (including phenoxy) is 1. The largest absolute Gasteiger partial charge is 0.381 e. The summed E-state index contributed by atoms with van der Waals surface area (Å²) in [5.74, 6) is 8.29. The van der Waals surface area contributed by atoms with Crippen molar-refractivity contribution in [3.8, 4) is 0 Å². The molecular formula is C14H28N2O. The predicted octanol–water partition coefficient (Wildman–Crippen LogP) is 2.46. The summed E-state index contributed by atoms with van der Waals surface area (Å²) in [5.41, 5.74) is 3.10. The van der Waals surface area contributed by atoms with Gasteiger partial charge in [-0.25, -0.2) is 0 Å². The van der Waals surface area contributed by atoms with E-state index in [1.165, 1.54) is 44.9 Å². The summed E-state index contributed by atoms with van der Waals surface area (Å²) < 4.78 is 5.43. The first-order valence-corrected chi connectivity index (χ1v) is 7.33. The summed E-state index contributed by atoms with van der Waals surface area (Å²) in [6.07, 6.45) is 9.21. The molecule has 0 amide bonds. The Hall–Kier alpha value is -0.120. The first-order chi connectivity index (χ1) is 8.29. The van der Waals surface area contributed by atoms with Crippen LogP contribution in [-0.4, -0.2) is 19.3 Å². The highest BCUT2D eigenvalue weighted by molar-refractivity contribution is 4.82. The van der Waals surface area contributed by atoms with Crippen molar-refractivity contribution in [2.75, 3.05) is 13.2 Å². The second-order valence-electron chi connectivity index (χ2n) is 6.10. The van der Waals surface area contributed by atoms with Gasteiger partial charge in [0.25, 0.3) is 0 Å². The van der Waals surface area contributed by atoms with Crippen LogP contribution >= 0.6 is 0 Å². The van der Waals surface area contributed by atoms with Crippen LogP contribution in [-0.2, 0) is 4.74 Å². The van der Waals surface area contributed by atoms with Gasteiger partial charge < -0.3 is 4.74 Å². The molecule has 1 aliphatic carbocycles. The standard InChI is InChI=1S/C14H28N2O/c1-11-3-2-4-13(9-11)14(16-15)10-12-5-7-17-8-6-12/h11-14,16H,2-10,15H2,1H3. The van der Waals surface area contributed by atoms with Crippen molar-refractivity contribution >= 4 is 0 Å². The minimum Gasteiger partial charge on any atom is -0.381 e. The van der Waals surface area contributed by atoms with Gasteiger partial charge in [0.05, 0.1) is 0 Å². The molecule has 2 aliphatic rings. The summed E-state index contributed by atoms with van der Waals surface area (Å²) in [6.45, 7) is 4.28. The van der Waals surface area contributed by atoms with Crippen molar-refractivity contribution in [3.05, 3.63) is 0 Å². The van der Waals surface area contributed by atoms with Crippen molar-refractivity contribution in [2.24, 2.45) is 23.6 Å². The summed E-state index contributed by atoms with van der Waals surface area (Å²) in [5, 5.41) is 0. The minimum absolute atomic E-state index is 0.529. The average Bonchev–Trinajstić information content (AvgIpc) is 2.37. The van der Waals surface area contributed by atoms with Gasteiger partial charge >= 0.3 is 0 Å². The third kappa shape index (κ3) is 3.94. The highest BCUT2D eigenvalue weighted by Gasteiger charge is 2.28. The van der Waals surface area contributed by atoms with Crippen LogP contribution in [0.4, 0.5) is 0 Å². The summed E-state index contributed by atoms with van der Waals surface area (Å²) in [7, 11) is 0. The summed E-state index contributed by atoms with van der Waals surface area (Å²) in [4.78, 5) is 0. The fourth-order valence-corrected chi connectivity index (χ4v) is 3.58. The molecule has 17 heavy (non-hydrogen) atoms. The van der Waals surface area contributed by atoms with Crippen molar-refractivity contribution in [1.29, 1.82) is 0 Å². The van der Waals surface area contributed by atoms with Gasteiger partial charge in [0, 0.05) is 19.3 Å². The predicted molar refractivity (Wildman–Crippen MR) is 70.4 cm³/mol. The number of hydrogen-bond donors (Lipinski definition) is 2. The number of hydrazine groups is 1. The lowest BCUT2D eigenvalue weighted by Gasteiger charge is -2.35. The van der Waals surface area contributed by atoms with Gasteiger partial charge in [0.1, 0.15) is 0 Å². The fourth-order valence-electron chi connectivity index (χ4n) is 3.58. The summed E-state index contributed by atoms with van der Waals surface area (Å²) >= 11 is 0.